The van der Waals surface area contributed by atoms with Crippen LogP contribution in [0.5, 0.6) is 5.75 Å². The van der Waals surface area contributed by atoms with Crippen LogP contribution in [0.3, 0.4) is 0 Å². The summed E-state index contributed by atoms with van der Waals surface area (Å²) < 4.78 is 35.4. The number of para-hydroxylation sites is 1. The molecule has 0 aromatic heterocycles. The SMILES string of the molecule is O=C(C1COC1)N1CC2(CC[C@H](N3CCC(c4ccccc4OC(F)F)CC3)C2)C1. The van der Waals surface area contributed by atoms with Crippen LogP contribution in [0, 0.1) is 11.3 Å². The summed E-state index contributed by atoms with van der Waals surface area (Å²) in [5, 5.41) is 0. The van der Waals surface area contributed by atoms with Crippen molar-refractivity contribution in [2.24, 2.45) is 11.3 Å². The summed E-state index contributed by atoms with van der Waals surface area (Å²) in [5.74, 6) is 0.964. The third-order valence-corrected chi connectivity index (χ3v) is 7.65. The van der Waals surface area contributed by atoms with E-state index in [4.69, 9.17) is 9.47 Å². The Balaban J connectivity index is 1.13. The number of benzene rings is 1. The van der Waals surface area contributed by atoms with Crippen molar-refractivity contribution in [3.63, 3.8) is 0 Å². The largest absolute Gasteiger partial charge is 0.435 e. The summed E-state index contributed by atoms with van der Waals surface area (Å²) >= 11 is 0. The highest BCUT2D eigenvalue weighted by atomic mass is 19.3. The van der Waals surface area contributed by atoms with Crippen molar-refractivity contribution >= 4 is 5.91 Å². The number of nitrogens with zero attached hydrogens (tertiary/aromatic N) is 2. The van der Waals surface area contributed by atoms with Crippen LogP contribution in [0.15, 0.2) is 24.3 Å². The number of alkyl halides is 2. The van der Waals surface area contributed by atoms with Gasteiger partial charge in [0, 0.05) is 24.5 Å². The lowest BCUT2D eigenvalue weighted by Crippen LogP contribution is -2.61. The number of rotatable bonds is 5. The Morgan fingerprint density at radius 1 is 1.13 bits per heavy atom. The molecule has 164 valence electrons. The maximum absolute atomic E-state index is 12.7. The summed E-state index contributed by atoms with van der Waals surface area (Å²) in [4.78, 5) is 17.0. The molecular weight excluding hydrogens is 390 g/mol. The van der Waals surface area contributed by atoms with E-state index in [2.05, 4.69) is 4.90 Å². The maximum Gasteiger partial charge on any atom is 0.387 e. The van der Waals surface area contributed by atoms with Crippen molar-refractivity contribution < 1.29 is 23.0 Å². The van der Waals surface area contributed by atoms with E-state index >= 15 is 0 Å². The highest BCUT2D eigenvalue weighted by Gasteiger charge is 2.52. The Labute approximate surface area is 176 Å². The standard InChI is InChI=1S/C23H30F2N2O3/c24-22(25)30-20-4-2-1-3-19(20)16-6-9-26(10-7-16)18-5-8-23(11-18)14-27(15-23)21(28)17-12-29-13-17/h1-4,16-18,22H,5-15H2/t18-/m0/s1. The van der Waals surface area contributed by atoms with Gasteiger partial charge in [-0.2, -0.15) is 8.78 Å². The molecule has 1 amide bonds. The minimum Gasteiger partial charge on any atom is -0.435 e. The van der Waals surface area contributed by atoms with Gasteiger partial charge >= 0.3 is 6.61 Å². The second-order valence-corrected chi connectivity index (χ2v) is 9.55. The van der Waals surface area contributed by atoms with E-state index in [0.717, 1.165) is 44.6 Å². The average Bonchev–Trinajstić information content (AvgIpc) is 3.11. The number of carbonyl (C=O) groups excluding carboxylic acids is 1. The zero-order chi connectivity index (χ0) is 20.7. The van der Waals surface area contributed by atoms with E-state index in [-0.39, 0.29) is 17.7 Å². The monoisotopic (exact) mass is 420 g/mol. The van der Waals surface area contributed by atoms with Crippen molar-refractivity contribution in [1.29, 1.82) is 0 Å². The minimum atomic E-state index is -2.79. The van der Waals surface area contributed by atoms with E-state index in [0.29, 0.717) is 30.4 Å². The van der Waals surface area contributed by atoms with Gasteiger partial charge in [-0.1, -0.05) is 18.2 Å². The van der Waals surface area contributed by atoms with Crippen LogP contribution in [0.25, 0.3) is 0 Å². The molecule has 5 nitrogen and oxygen atoms in total. The van der Waals surface area contributed by atoms with Gasteiger partial charge in [-0.05, 0) is 62.7 Å². The lowest BCUT2D eigenvalue weighted by molar-refractivity contribution is -0.161. The molecule has 1 aromatic rings. The topological polar surface area (TPSA) is 42.0 Å². The Morgan fingerprint density at radius 3 is 2.53 bits per heavy atom. The summed E-state index contributed by atoms with van der Waals surface area (Å²) in [6.07, 6.45) is 5.52. The Morgan fingerprint density at radius 2 is 1.87 bits per heavy atom. The molecule has 1 spiro atoms. The molecule has 3 aliphatic heterocycles. The van der Waals surface area contributed by atoms with Gasteiger partial charge in [0.25, 0.3) is 0 Å². The molecule has 1 saturated carbocycles. The number of halogens is 2. The Kier molecular flexibility index (Phi) is 5.44. The van der Waals surface area contributed by atoms with Gasteiger partial charge in [0.15, 0.2) is 0 Å². The average molecular weight is 421 g/mol. The molecular formula is C23H30F2N2O3. The lowest BCUT2D eigenvalue weighted by Gasteiger charge is -2.50. The predicted octanol–water partition coefficient (Wildman–Crippen LogP) is 3.49. The first-order valence-corrected chi connectivity index (χ1v) is 11.2. The van der Waals surface area contributed by atoms with Crippen molar-refractivity contribution in [1.82, 2.24) is 9.80 Å². The smallest absolute Gasteiger partial charge is 0.387 e. The second-order valence-electron chi connectivity index (χ2n) is 9.55. The van der Waals surface area contributed by atoms with E-state index in [1.165, 1.54) is 19.3 Å². The minimum absolute atomic E-state index is 0.0931. The number of likely N-dealkylation sites (tertiary alicyclic amines) is 2. The fraction of sp³-hybridized carbons (Fsp3) is 0.696. The fourth-order valence-corrected chi connectivity index (χ4v) is 5.93. The van der Waals surface area contributed by atoms with E-state index in [1.807, 2.05) is 17.0 Å². The van der Waals surface area contributed by atoms with Crippen molar-refractivity contribution in [2.45, 2.75) is 50.7 Å². The molecule has 1 atom stereocenters. The predicted molar refractivity (Wildman–Crippen MR) is 108 cm³/mol. The molecule has 0 bridgehead atoms. The number of ether oxygens (including phenoxy) is 2. The maximum atomic E-state index is 12.7. The van der Waals surface area contributed by atoms with Gasteiger partial charge in [0.1, 0.15) is 5.75 Å². The molecule has 4 aliphatic rings. The van der Waals surface area contributed by atoms with Crippen molar-refractivity contribution in [3.8, 4) is 5.75 Å². The van der Waals surface area contributed by atoms with Gasteiger partial charge in [0.05, 0.1) is 19.1 Å². The molecule has 3 saturated heterocycles. The van der Waals surface area contributed by atoms with Gasteiger partial charge in [-0.25, -0.2) is 0 Å². The summed E-state index contributed by atoms with van der Waals surface area (Å²) in [6, 6.07) is 7.81. The van der Waals surface area contributed by atoms with Gasteiger partial charge in [0.2, 0.25) is 5.91 Å². The fourth-order valence-electron chi connectivity index (χ4n) is 5.93. The molecule has 0 N–H and O–H groups in total. The van der Waals surface area contributed by atoms with Gasteiger partial charge in [-0.15, -0.1) is 0 Å². The number of hydrogen-bond acceptors (Lipinski definition) is 4. The van der Waals surface area contributed by atoms with Crippen LogP contribution in [-0.2, 0) is 9.53 Å². The van der Waals surface area contributed by atoms with E-state index in [1.54, 1.807) is 12.1 Å². The van der Waals surface area contributed by atoms with Crippen LogP contribution in [0.1, 0.15) is 43.6 Å². The zero-order valence-corrected chi connectivity index (χ0v) is 17.3. The molecule has 7 heteroatoms. The summed E-state index contributed by atoms with van der Waals surface area (Å²) in [5.41, 5.74) is 1.23. The molecule has 3 heterocycles. The first-order chi connectivity index (χ1) is 14.5. The molecule has 4 fully saturated rings. The molecule has 5 rings (SSSR count). The Bertz CT molecular complexity index is 771. The van der Waals surface area contributed by atoms with Gasteiger partial charge < -0.3 is 19.3 Å². The van der Waals surface area contributed by atoms with Crippen molar-refractivity contribution in [3.05, 3.63) is 29.8 Å². The normalized spacial score (nSPS) is 27.3. The highest BCUT2D eigenvalue weighted by molar-refractivity contribution is 5.80. The number of carbonyl (C=O) groups is 1. The van der Waals surface area contributed by atoms with E-state index in [9.17, 15) is 13.6 Å². The van der Waals surface area contributed by atoms with Crippen LogP contribution < -0.4 is 4.74 Å². The van der Waals surface area contributed by atoms with Crippen LogP contribution in [-0.4, -0.2) is 67.8 Å². The van der Waals surface area contributed by atoms with E-state index < -0.39 is 6.61 Å². The third kappa shape index (κ3) is 3.82. The highest BCUT2D eigenvalue weighted by Crippen LogP contribution is 2.48. The van der Waals surface area contributed by atoms with Crippen LogP contribution in [0.4, 0.5) is 8.78 Å². The van der Waals surface area contributed by atoms with Crippen molar-refractivity contribution in [2.75, 3.05) is 39.4 Å². The third-order valence-electron chi connectivity index (χ3n) is 7.65. The first kappa shape index (κ1) is 20.2. The number of piperidine rings is 1. The number of amides is 1. The van der Waals surface area contributed by atoms with Crippen LogP contribution in [0.2, 0.25) is 0 Å². The summed E-state index contributed by atoms with van der Waals surface area (Å²) in [6.45, 7) is 2.21. The Hall–Kier alpha value is -1.73. The molecule has 30 heavy (non-hydrogen) atoms. The molecule has 0 unspecified atom stereocenters. The second kappa shape index (κ2) is 8.08. The molecule has 1 aromatic carbocycles. The first-order valence-electron chi connectivity index (χ1n) is 11.2. The molecule has 1 aliphatic carbocycles. The van der Waals surface area contributed by atoms with Crippen LogP contribution >= 0.6 is 0 Å². The molecule has 0 radical (unpaired) electrons. The summed E-state index contributed by atoms with van der Waals surface area (Å²) in [7, 11) is 0. The van der Waals surface area contributed by atoms with Gasteiger partial charge in [-0.3, -0.25) is 4.79 Å². The lowest BCUT2D eigenvalue weighted by atomic mass is 9.77. The number of hydrogen-bond donors (Lipinski definition) is 0. The zero-order valence-electron chi connectivity index (χ0n) is 17.3. The quantitative estimate of drug-likeness (QED) is 0.731.